The van der Waals surface area contributed by atoms with Crippen molar-refractivity contribution < 1.29 is 19.1 Å². The van der Waals surface area contributed by atoms with Gasteiger partial charge in [0.2, 0.25) is 0 Å². The maximum atomic E-state index is 12.4. The summed E-state index contributed by atoms with van der Waals surface area (Å²) in [4.78, 5) is 26.3. The Labute approximate surface area is 158 Å². The molecule has 0 radical (unpaired) electrons. The lowest BCUT2D eigenvalue weighted by Gasteiger charge is -2.26. The number of morpholine rings is 1. The van der Waals surface area contributed by atoms with E-state index >= 15 is 0 Å². The first kappa shape index (κ1) is 18.7. The lowest BCUT2D eigenvalue weighted by Crippen LogP contribution is -2.40. The van der Waals surface area contributed by atoms with Crippen LogP contribution in [0.5, 0.6) is 5.75 Å². The number of nitrogens with zero attached hydrogens (tertiary/aromatic N) is 1. The van der Waals surface area contributed by atoms with Crippen LogP contribution in [0.15, 0.2) is 48.5 Å². The van der Waals surface area contributed by atoms with Crippen LogP contribution in [0, 0.1) is 0 Å². The van der Waals surface area contributed by atoms with Gasteiger partial charge >= 0.3 is 6.03 Å². The number of nitrogens with one attached hydrogen (secondary N) is 2. The summed E-state index contributed by atoms with van der Waals surface area (Å²) in [7, 11) is 0. The standard InChI is InChI=1S/C20H23N3O4/c1-2-27-18-9-7-17(8-10-18)22-20(25)21-16-5-3-15(4-6-16)19(24)23-11-13-26-14-12-23/h3-10H,2,11-14H2,1H3,(H2,21,22,25). The van der Waals surface area contributed by atoms with E-state index < -0.39 is 0 Å². The zero-order chi connectivity index (χ0) is 19.1. The van der Waals surface area contributed by atoms with Gasteiger partial charge < -0.3 is 25.0 Å². The predicted molar refractivity (Wildman–Crippen MR) is 103 cm³/mol. The number of ether oxygens (including phenoxy) is 2. The highest BCUT2D eigenvalue weighted by atomic mass is 16.5. The molecule has 7 nitrogen and oxygen atoms in total. The monoisotopic (exact) mass is 369 g/mol. The summed E-state index contributed by atoms with van der Waals surface area (Å²) in [6, 6.07) is 13.6. The van der Waals surface area contributed by atoms with Gasteiger partial charge in [0.15, 0.2) is 0 Å². The zero-order valence-corrected chi connectivity index (χ0v) is 15.2. The average molecular weight is 369 g/mol. The van der Waals surface area contributed by atoms with Crippen molar-refractivity contribution in [1.82, 2.24) is 4.90 Å². The Hall–Kier alpha value is -3.06. The van der Waals surface area contributed by atoms with Gasteiger partial charge in [-0.15, -0.1) is 0 Å². The van der Waals surface area contributed by atoms with Gasteiger partial charge in [0, 0.05) is 30.0 Å². The molecule has 0 unspecified atom stereocenters. The fourth-order valence-corrected chi connectivity index (χ4v) is 2.74. The average Bonchev–Trinajstić information content (AvgIpc) is 2.70. The Bertz CT molecular complexity index is 769. The van der Waals surface area contributed by atoms with E-state index in [9.17, 15) is 9.59 Å². The van der Waals surface area contributed by atoms with Gasteiger partial charge in [-0.2, -0.15) is 0 Å². The lowest BCUT2D eigenvalue weighted by molar-refractivity contribution is 0.0303. The van der Waals surface area contributed by atoms with Crippen molar-refractivity contribution in [1.29, 1.82) is 0 Å². The molecule has 2 aromatic carbocycles. The molecule has 0 aliphatic carbocycles. The minimum absolute atomic E-state index is 0.0244. The fourth-order valence-electron chi connectivity index (χ4n) is 2.74. The van der Waals surface area contributed by atoms with Gasteiger partial charge in [-0.1, -0.05) is 0 Å². The second-order valence-electron chi connectivity index (χ2n) is 6.02. The molecule has 1 aliphatic heterocycles. The van der Waals surface area contributed by atoms with E-state index in [1.54, 1.807) is 53.4 Å². The highest BCUT2D eigenvalue weighted by molar-refractivity contribution is 6.00. The molecule has 27 heavy (non-hydrogen) atoms. The van der Waals surface area contributed by atoms with Gasteiger partial charge in [0.05, 0.1) is 19.8 Å². The molecule has 3 amide bonds. The minimum Gasteiger partial charge on any atom is -0.494 e. The number of amides is 3. The Morgan fingerprint density at radius 1 is 0.963 bits per heavy atom. The normalized spacial score (nSPS) is 13.7. The summed E-state index contributed by atoms with van der Waals surface area (Å²) in [5, 5.41) is 5.50. The highest BCUT2D eigenvalue weighted by Gasteiger charge is 2.18. The van der Waals surface area contributed by atoms with Crippen LogP contribution in [0.4, 0.5) is 16.2 Å². The van der Waals surface area contributed by atoms with Gasteiger partial charge in [-0.05, 0) is 55.5 Å². The molecule has 0 spiro atoms. The molecule has 0 bridgehead atoms. The third kappa shape index (κ3) is 5.21. The van der Waals surface area contributed by atoms with E-state index in [1.807, 2.05) is 6.92 Å². The van der Waals surface area contributed by atoms with Crippen molar-refractivity contribution >= 4 is 23.3 Å². The third-order valence-electron chi connectivity index (χ3n) is 4.11. The molecule has 2 aromatic rings. The summed E-state index contributed by atoms with van der Waals surface area (Å²) in [5.74, 6) is 0.729. The number of rotatable bonds is 5. The number of benzene rings is 2. The van der Waals surface area contributed by atoms with Crippen molar-refractivity contribution in [2.45, 2.75) is 6.92 Å². The Morgan fingerprint density at radius 3 is 2.07 bits per heavy atom. The van der Waals surface area contributed by atoms with Crippen LogP contribution in [-0.2, 0) is 4.74 Å². The number of carbonyl (C=O) groups excluding carboxylic acids is 2. The van der Waals surface area contributed by atoms with Crippen LogP contribution in [0.2, 0.25) is 0 Å². The molecular formula is C20H23N3O4. The number of urea groups is 1. The predicted octanol–water partition coefficient (Wildman–Crippen LogP) is 3.20. The smallest absolute Gasteiger partial charge is 0.323 e. The number of hydrogen-bond acceptors (Lipinski definition) is 4. The van der Waals surface area contributed by atoms with Gasteiger partial charge in [0.25, 0.3) is 5.91 Å². The molecule has 0 aromatic heterocycles. The van der Waals surface area contributed by atoms with E-state index in [2.05, 4.69) is 10.6 Å². The molecule has 142 valence electrons. The van der Waals surface area contributed by atoms with Gasteiger partial charge in [0.1, 0.15) is 5.75 Å². The second kappa shape index (κ2) is 9.05. The van der Waals surface area contributed by atoms with Crippen LogP contribution >= 0.6 is 0 Å². The first-order valence-electron chi connectivity index (χ1n) is 8.93. The summed E-state index contributed by atoms with van der Waals surface area (Å²) in [6.45, 7) is 4.84. The first-order valence-corrected chi connectivity index (χ1v) is 8.93. The van der Waals surface area contributed by atoms with Crippen molar-refractivity contribution in [3.05, 3.63) is 54.1 Å². The van der Waals surface area contributed by atoms with Crippen LogP contribution < -0.4 is 15.4 Å². The number of anilines is 2. The third-order valence-corrected chi connectivity index (χ3v) is 4.11. The molecule has 1 saturated heterocycles. The second-order valence-corrected chi connectivity index (χ2v) is 6.02. The van der Waals surface area contributed by atoms with Crippen molar-refractivity contribution in [3.8, 4) is 5.75 Å². The lowest BCUT2D eigenvalue weighted by atomic mass is 10.1. The minimum atomic E-state index is -0.355. The molecule has 3 rings (SSSR count). The van der Waals surface area contributed by atoms with E-state index in [1.165, 1.54) is 0 Å². The molecule has 1 aliphatic rings. The van der Waals surface area contributed by atoms with Crippen LogP contribution in [0.1, 0.15) is 17.3 Å². The molecule has 0 saturated carbocycles. The summed E-state index contributed by atoms with van der Waals surface area (Å²) >= 11 is 0. The largest absolute Gasteiger partial charge is 0.494 e. The maximum absolute atomic E-state index is 12.4. The quantitative estimate of drug-likeness (QED) is 0.848. The highest BCUT2D eigenvalue weighted by Crippen LogP contribution is 2.17. The van der Waals surface area contributed by atoms with E-state index in [4.69, 9.17) is 9.47 Å². The molecule has 1 fully saturated rings. The van der Waals surface area contributed by atoms with Crippen LogP contribution in [0.3, 0.4) is 0 Å². The van der Waals surface area contributed by atoms with Crippen molar-refractivity contribution in [2.24, 2.45) is 0 Å². The van der Waals surface area contributed by atoms with E-state index in [0.29, 0.717) is 49.8 Å². The van der Waals surface area contributed by atoms with E-state index in [0.717, 1.165) is 5.75 Å². The van der Waals surface area contributed by atoms with E-state index in [-0.39, 0.29) is 11.9 Å². The zero-order valence-electron chi connectivity index (χ0n) is 15.2. The Kier molecular flexibility index (Phi) is 6.27. The Balaban J connectivity index is 1.54. The molecular weight excluding hydrogens is 346 g/mol. The van der Waals surface area contributed by atoms with Crippen molar-refractivity contribution in [2.75, 3.05) is 43.5 Å². The number of hydrogen-bond donors (Lipinski definition) is 2. The first-order chi connectivity index (χ1) is 13.2. The van der Waals surface area contributed by atoms with Crippen molar-refractivity contribution in [3.63, 3.8) is 0 Å². The Morgan fingerprint density at radius 2 is 1.52 bits per heavy atom. The SMILES string of the molecule is CCOc1ccc(NC(=O)Nc2ccc(C(=O)N3CCOCC3)cc2)cc1. The molecule has 1 heterocycles. The summed E-state index contributed by atoms with van der Waals surface area (Å²) in [6.07, 6.45) is 0. The molecule has 0 atom stereocenters. The summed E-state index contributed by atoms with van der Waals surface area (Å²) < 4.78 is 10.6. The topological polar surface area (TPSA) is 79.9 Å². The summed E-state index contributed by atoms with van der Waals surface area (Å²) in [5.41, 5.74) is 1.86. The van der Waals surface area contributed by atoms with Gasteiger partial charge in [-0.25, -0.2) is 4.79 Å². The molecule has 7 heteroatoms. The maximum Gasteiger partial charge on any atom is 0.323 e. The van der Waals surface area contributed by atoms with Gasteiger partial charge in [-0.3, -0.25) is 4.79 Å². The number of carbonyl (C=O) groups is 2. The molecule has 2 N–H and O–H groups in total. The fraction of sp³-hybridized carbons (Fsp3) is 0.300. The van der Waals surface area contributed by atoms with Crippen LogP contribution in [0.25, 0.3) is 0 Å². The van der Waals surface area contributed by atoms with Crippen LogP contribution in [-0.4, -0.2) is 49.7 Å².